The summed E-state index contributed by atoms with van der Waals surface area (Å²) in [5.41, 5.74) is 1.02. The molecule has 3 aliphatic rings. The molecule has 0 spiro atoms. The minimum absolute atomic E-state index is 0.208. The van der Waals surface area contributed by atoms with Crippen molar-refractivity contribution < 1.29 is 4.39 Å². The van der Waals surface area contributed by atoms with Crippen LogP contribution in [0.2, 0.25) is 5.02 Å². The number of pyridine rings is 1. The van der Waals surface area contributed by atoms with Crippen molar-refractivity contribution in [3.05, 3.63) is 63.8 Å². The Morgan fingerprint density at radius 3 is 2.55 bits per heavy atom. The number of halogens is 2. The largest absolute Gasteiger partial charge is 0.355 e. The highest BCUT2D eigenvalue weighted by Gasteiger charge is 2.35. The average Bonchev–Trinajstić information content (AvgIpc) is 3.48. The van der Waals surface area contributed by atoms with Crippen molar-refractivity contribution in [3.8, 4) is 11.3 Å². The van der Waals surface area contributed by atoms with Gasteiger partial charge in [-0.25, -0.2) is 14.2 Å². The van der Waals surface area contributed by atoms with E-state index in [0.717, 1.165) is 43.2 Å². The molecule has 0 radical (unpaired) electrons. The number of aromatic nitrogens is 3. The third-order valence-electron chi connectivity index (χ3n) is 8.97. The lowest BCUT2D eigenvalue weighted by molar-refractivity contribution is 0.281. The number of anilines is 1. The summed E-state index contributed by atoms with van der Waals surface area (Å²) in [4.78, 5) is 27.6. The fourth-order valence-corrected chi connectivity index (χ4v) is 7.32. The lowest BCUT2D eigenvalue weighted by Crippen LogP contribution is -2.40. The zero-order valence-electron chi connectivity index (χ0n) is 21.5. The molecule has 4 heterocycles. The first kappa shape index (κ1) is 24.0. The predicted octanol–water partition coefficient (Wildman–Crippen LogP) is 5.73. The van der Waals surface area contributed by atoms with E-state index in [4.69, 9.17) is 16.6 Å². The van der Waals surface area contributed by atoms with Gasteiger partial charge < -0.3 is 9.80 Å². The Morgan fingerprint density at radius 2 is 1.82 bits per heavy atom. The number of nitrogens with zero attached hydrogens (tertiary/aromatic N) is 5. The number of hydrogen-bond donors (Lipinski definition) is 0. The van der Waals surface area contributed by atoms with Crippen molar-refractivity contribution in [2.75, 3.05) is 31.6 Å². The smallest absolute Gasteiger partial charge is 0.351 e. The third-order valence-corrected chi connectivity index (χ3v) is 9.28. The summed E-state index contributed by atoms with van der Waals surface area (Å²) in [5.74, 6) is 1.35. The third kappa shape index (κ3) is 3.98. The van der Waals surface area contributed by atoms with Crippen molar-refractivity contribution in [2.24, 2.45) is 11.8 Å². The Hall–Kier alpha value is -3.03. The maximum atomic E-state index is 16.0. The average molecular weight is 532 g/mol. The number of piperidine rings is 1. The molecular formula is C30H31ClFN5O. The Kier molecular flexibility index (Phi) is 5.89. The number of benzene rings is 2. The molecule has 4 aromatic rings. The van der Waals surface area contributed by atoms with Gasteiger partial charge in [0, 0.05) is 41.6 Å². The first-order valence-corrected chi connectivity index (χ1v) is 14.1. The molecule has 196 valence electrons. The van der Waals surface area contributed by atoms with Crippen molar-refractivity contribution in [3.63, 3.8) is 0 Å². The van der Waals surface area contributed by atoms with E-state index in [2.05, 4.69) is 21.8 Å². The Balaban J connectivity index is 1.45. The first-order chi connectivity index (χ1) is 18.5. The quantitative estimate of drug-likeness (QED) is 0.336. The summed E-state index contributed by atoms with van der Waals surface area (Å²) < 4.78 is 17.7. The zero-order valence-corrected chi connectivity index (χ0v) is 22.3. The van der Waals surface area contributed by atoms with Gasteiger partial charge in [0.25, 0.3) is 0 Å². The zero-order chi connectivity index (χ0) is 26.0. The molecule has 2 aromatic heterocycles. The summed E-state index contributed by atoms with van der Waals surface area (Å²) in [6.45, 7) is 3.20. The van der Waals surface area contributed by atoms with E-state index < -0.39 is 5.82 Å². The molecule has 0 amide bonds. The van der Waals surface area contributed by atoms with Crippen LogP contribution in [-0.4, -0.2) is 52.2 Å². The maximum Gasteiger partial charge on any atom is 0.351 e. The van der Waals surface area contributed by atoms with Crippen LogP contribution in [0.15, 0.2) is 47.3 Å². The number of hydrogen-bond acceptors (Lipinski definition) is 5. The molecule has 0 N–H and O–H groups in total. The van der Waals surface area contributed by atoms with Gasteiger partial charge in [-0.3, -0.25) is 4.57 Å². The summed E-state index contributed by atoms with van der Waals surface area (Å²) in [6, 6.07) is 13.1. The van der Waals surface area contributed by atoms with E-state index in [1.807, 2.05) is 36.4 Å². The van der Waals surface area contributed by atoms with Crippen LogP contribution < -0.4 is 10.6 Å². The second-order valence-corrected chi connectivity index (χ2v) is 11.8. The normalized spacial score (nSPS) is 23.7. The van der Waals surface area contributed by atoms with Gasteiger partial charge in [-0.2, -0.15) is 4.98 Å². The summed E-state index contributed by atoms with van der Waals surface area (Å²) in [7, 11) is 2.09. The van der Waals surface area contributed by atoms with Crippen molar-refractivity contribution >= 4 is 39.2 Å². The molecule has 2 saturated heterocycles. The lowest BCUT2D eigenvalue weighted by atomic mass is 9.98. The van der Waals surface area contributed by atoms with Gasteiger partial charge in [0.05, 0.1) is 5.39 Å². The molecule has 2 bridgehead atoms. The molecule has 38 heavy (non-hydrogen) atoms. The highest BCUT2D eigenvalue weighted by atomic mass is 35.5. The van der Waals surface area contributed by atoms with Gasteiger partial charge in [-0.05, 0) is 75.1 Å². The minimum atomic E-state index is -0.434. The summed E-state index contributed by atoms with van der Waals surface area (Å²) in [6.07, 6.45) is 5.76. The molecule has 6 nitrogen and oxygen atoms in total. The number of rotatable bonds is 4. The Morgan fingerprint density at radius 1 is 1.05 bits per heavy atom. The molecule has 2 aromatic carbocycles. The topological polar surface area (TPSA) is 54.3 Å². The molecule has 7 rings (SSSR count). The highest BCUT2D eigenvalue weighted by molar-refractivity contribution is 6.36. The van der Waals surface area contributed by atoms with E-state index >= 15 is 4.39 Å². The number of likely N-dealkylation sites (N-methyl/N-ethyl adjacent to an activating group) is 1. The number of fused-ring (bicyclic) bond motifs is 4. The van der Waals surface area contributed by atoms with Crippen LogP contribution >= 0.6 is 11.6 Å². The van der Waals surface area contributed by atoms with E-state index in [9.17, 15) is 4.79 Å². The fraction of sp³-hybridized carbons (Fsp3) is 0.433. The van der Waals surface area contributed by atoms with Crippen LogP contribution in [0.5, 0.6) is 0 Å². The first-order valence-electron chi connectivity index (χ1n) is 13.7. The summed E-state index contributed by atoms with van der Waals surface area (Å²) >= 11 is 6.60. The lowest BCUT2D eigenvalue weighted by Gasteiger charge is -2.33. The number of likely N-dealkylation sites (tertiary alicyclic amines) is 1. The van der Waals surface area contributed by atoms with Crippen LogP contribution in [0.3, 0.4) is 0 Å². The van der Waals surface area contributed by atoms with Gasteiger partial charge in [0.15, 0.2) is 0 Å². The molecule has 3 fully saturated rings. The molecule has 2 aliphatic heterocycles. The molecule has 8 heteroatoms. The van der Waals surface area contributed by atoms with Gasteiger partial charge in [0.2, 0.25) is 0 Å². The van der Waals surface area contributed by atoms with E-state index in [1.54, 1.807) is 10.6 Å². The second-order valence-electron chi connectivity index (χ2n) is 11.4. The summed E-state index contributed by atoms with van der Waals surface area (Å²) in [5, 5.41) is 2.83. The Bertz CT molecular complexity index is 1600. The van der Waals surface area contributed by atoms with Gasteiger partial charge in [0.1, 0.15) is 23.0 Å². The SMILES string of the molecule is CN1CCC[C@H]1Cn1c(=O)nc(N2CC3CCC(C3)C2)c2cc(F)c(-c3cccc4cccc(Cl)c34)nc21. The Labute approximate surface area is 226 Å². The van der Waals surface area contributed by atoms with E-state index in [0.29, 0.717) is 45.8 Å². The molecule has 1 aliphatic carbocycles. The van der Waals surface area contributed by atoms with Crippen LogP contribution in [0.1, 0.15) is 32.1 Å². The van der Waals surface area contributed by atoms with Crippen molar-refractivity contribution in [2.45, 2.75) is 44.7 Å². The van der Waals surface area contributed by atoms with Crippen LogP contribution in [0.4, 0.5) is 10.2 Å². The van der Waals surface area contributed by atoms with Crippen LogP contribution in [-0.2, 0) is 6.54 Å². The molecule has 2 unspecified atom stereocenters. The van der Waals surface area contributed by atoms with Gasteiger partial charge in [-0.1, -0.05) is 41.9 Å². The molecule has 3 atom stereocenters. The van der Waals surface area contributed by atoms with Crippen molar-refractivity contribution in [1.29, 1.82) is 0 Å². The monoisotopic (exact) mass is 531 g/mol. The fourth-order valence-electron chi connectivity index (χ4n) is 7.04. The van der Waals surface area contributed by atoms with E-state index in [1.165, 1.54) is 19.3 Å². The molecule has 1 saturated carbocycles. The van der Waals surface area contributed by atoms with Gasteiger partial charge >= 0.3 is 5.69 Å². The highest BCUT2D eigenvalue weighted by Crippen LogP contribution is 2.40. The van der Waals surface area contributed by atoms with Gasteiger partial charge in [-0.15, -0.1) is 0 Å². The standard InChI is InChI=1S/C30H31ClFN5O/c1-35-12-4-7-21(35)17-37-29-23(28(34-30(37)38)36-15-18-10-11-19(13-18)16-36)14-25(32)27(33-29)22-8-2-5-20-6-3-9-24(31)26(20)22/h2-3,5-6,8-9,14,18-19,21H,4,7,10-13,15-17H2,1H3/t18?,19?,21-/m0/s1. The van der Waals surface area contributed by atoms with Crippen LogP contribution in [0.25, 0.3) is 33.1 Å². The minimum Gasteiger partial charge on any atom is -0.355 e. The maximum absolute atomic E-state index is 16.0. The van der Waals surface area contributed by atoms with Crippen LogP contribution in [0, 0.1) is 17.7 Å². The predicted molar refractivity (Wildman–Crippen MR) is 150 cm³/mol. The van der Waals surface area contributed by atoms with E-state index in [-0.39, 0.29) is 17.4 Å². The van der Waals surface area contributed by atoms with Crippen molar-refractivity contribution in [1.82, 2.24) is 19.4 Å². The second kappa shape index (κ2) is 9.31. The molecular weight excluding hydrogens is 501 g/mol.